The maximum absolute atomic E-state index is 12.0. The average Bonchev–Trinajstić information content (AvgIpc) is 2.72. The Hall–Kier alpha value is -2.66. The molecule has 2 amide bonds. The molecule has 7 nitrogen and oxygen atoms in total. The van der Waals surface area contributed by atoms with Crippen LogP contribution < -0.4 is 0 Å². The van der Waals surface area contributed by atoms with Crippen molar-refractivity contribution in [2.75, 3.05) is 6.54 Å². The van der Waals surface area contributed by atoms with Gasteiger partial charge in [-0.2, -0.15) is 5.26 Å². The van der Waals surface area contributed by atoms with Gasteiger partial charge in [0.25, 0.3) is 16.8 Å². The summed E-state index contributed by atoms with van der Waals surface area (Å²) in [5.41, 5.74) is 0.542. The van der Waals surface area contributed by atoms with Crippen molar-refractivity contribution in [3.05, 3.63) is 44.8 Å². The topological polar surface area (TPSA) is 104 Å². The molecular formula is C13H9N3O4S. The second-order valence-electron chi connectivity index (χ2n) is 4.09. The van der Waals surface area contributed by atoms with Crippen LogP contribution >= 0.6 is 11.8 Å². The third-order valence-corrected chi connectivity index (χ3v) is 3.63. The monoisotopic (exact) mass is 303 g/mol. The number of hydrogen-bond acceptors (Lipinski definition) is 6. The standard InChI is InChI=1S/C13H9N3O4S/c14-6-1-7-15-12(17)11(21-13(15)18)8-9-2-4-10(5-3-9)16(19)20/h2-5,8H,1,7H2/b11-8-. The van der Waals surface area contributed by atoms with Crippen molar-refractivity contribution in [1.29, 1.82) is 5.26 Å². The van der Waals surface area contributed by atoms with Crippen molar-refractivity contribution in [1.82, 2.24) is 4.90 Å². The van der Waals surface area contributed by atoms with Crippen molar-refractivity contribution in [3.63, 3.8) is 0 Å². The van der Waals surface area contributed by atoms with Crippen LogP contribution in [-0.2, 0) is 4.79 Å². The Kier molecular flexibility index (Phi) is 4.35. The van der Waals surface area contributed by atoms with Crippen LogP contribution in [0.1, 0.15) is 12.0 Å². The lowest BCUT2D eigenvalue weighted by Crippen LogP contribution is -2.28. The van der Waals surface area contributed by atoms with Crippen molar-refractivity contribution in [2.45, 2.75) is 6.42 Å². The fourth-order valence-corrected chi connectivity index (χ4v) is 2.56. The Labute approximate surface area is 124 Å². The third-order valence-electron chi connectivity index (χ3n) is 2.72. The van der Waals surface area contributed by atoms with Crippen LogP contribution in [0.25, 0.3) is 6.08 Å². The minimum atomic E-state index is -0.514. The number of carbonyl (C=O) groups is 2. The molecule has 106 valence electrons. The fourth-order valence-electron chi connectivity index (χ4n) is 1.70. The van der Waals surface area contributed by atoms with Gasteiger partial charge in [-0.1, -0.05) is 0 Å². The molecule has 1 aliphatic rings. The van der Waals surface area contributed by atoms with Gasteiger partial charge in [0, 0.05) is 18.7 Å². The number of nitro groups is 1. The SMILES string of the molecule is N#CCCN1C(=O)S/C(=C\c2ccc([N+](=O)[O-])cc2)C1=O. The largest absolute Gasteiger partial charge is 0.293 e. The Balaban J connectivity index is 2.18. The van der Waals surface area contributed by atoms with Crippen molar-refractivity contribution in [3.8, 4) is 6.07 Å². The zero-order valence-corrected chi connectivity index (χ0v) is 11.5. The number of hydrogen-bond donors (Lipinski definition) is 0. The van der Waals surface area contributed by atoms with Gasteiger partial charge >= 0.3 is 0 Å². The van der Waals surface area contributed by atoms with Crippen LogP contribution in [-0.4, -0.2) is 27.5 Å². The Morgan fingerprint density at radius 1 is 1.33 bits per heavy atom. The summed E-state index contributed by atoms with van der Waals surface area (Å²) in [7, 11) is 0. The van der Waals surface area contributed by atoms with Crippen LogP contribution in [0.15, 0.2) is 29.2 Å². The van der Waals surface area contributed by atoms with Crippen LogP contribution in [0.5, 0.6) is 0 Å². The molecule has 0 bridgehead atoms. The van der Waals surface area contributed by atoms with E-state index in [0.717, 1.165) is 16.7 Å². The number of thioether (sulfide) groups is 1. The van der Waals surface area contributed by atoms with Gasteiger partial charge in [-0.25, -0.2) is 0 Å². The molecular weight excluding hydrogens is 294 g/mol. The molecule has 1 aromatic carbocycles. The first kappa shape index (κ1) is 14.7. The van der Waals surface area contributed by atoms with Crippen molar-refractivity contribution in [2.24, 2.45) is 0 Å². The predicted molar refractivity (Wildman–Crippen MR) is 76.0 cm³/mol. The second kappa shape index (κ2) is 6.19. The Bertz CT molecular complexity index is 676. The van der Waals surface area contributed by atoms with Crippen molar-refractivity contribution >= 4 is 34.7 Å². The molecule has 0 spiro atoms. The highest BCUT2D eigenvalue weighted by molar-refractivity contribution is 8.18. The molecule has 2 rings (SSSR count). The van der Waals surface area contributed by atoms with E-state index >= 15 is 0 Å². The summed E-state index contributed by atoms with van der Waals surface area (Å²) in [5.74, 6) is -0.446. The van der Waals surface area contributed by atoms with Gasteiger partial charge in [-0.3, -0.25) is 24.6 Å². The molecule has 0 aliphatic carbocycles. The first-order valence-electron chi connectivity index (χ1n) is 5.89. The molecule has 0 aromatic heterocycles. The Morgan fingerprint density at radius 2 is 2.00 bits per heavy atom. The molecule has 1 aromatic rings. The summed E-state index contributed by atoms with van der Waals surface area (Å²) in [4.78, 5) is 35.0. The lowest BCUT2D eigenvalue weighted by molar-refractivity contribution is -0.384. The van der Waals surface area contributed by atoms with E-state index in [2.05, 4.69) is 0 Å². The molecule has 1 aliphatic heterocycles. The second-order valence-corrected chi connectivity index (χ2v) is 5.08. The third kappa shape index (κ3) is 3.27. The molecule has 0 atom stereocenters. The zero-order chi connectivity index (χ0) is 15.4. The molecule has 0 radical (unpaired) electrons. The van der Waals surface area contributed by atoms with Gasteiger partial charge in [-0.15, -0.1) is 0 Å². The first-order chi connectivity index (χ1) is 10.0. The normalized spacial score (nSPS) is 16.3. The maximum atomic E-state index is 12.0. The summed E-state index contributed by atoms with van der Waals surface area (Å²) in [5, 5.41) is 18.6. The van der Waals surface area contributed by atoms with Crippen LogP contribution in [0.3, 0.4) is 0 Å². The summed E-state index contributed by atoms with van der Waals surface area (Å²) in [6.07, 6.45) is 1.59. The molecule has 0 unspecified atom stereocenters. The zero-order valence-electron chi connectivity index (χ0n) is 10.7. The molecule has 8 heteroatoms. The summed E-state index contributed by atoms with van der Waals surface area (Å²) in [6.45, 7) is 0.0682. The number of amides is 2. The van der Waals surface area contributed by atoms with E-state index in [0.29, 0.717) is 5.56 Å². The van der Waals surface area contributed by atoms with Gasteiger partial charge in [0.2, 0.25) is 0 Å². The lowest BCUT2D eigenvalue weighted by atomic mass is 10.2. The predicted octanol–water partition coefficient (Wildman–Crippen LogP) is 2.54. The highest BCUT2D eigenvalue weighted by atomic mass is 32.2. The number of rotatable bonds is 4. The molecule has 1 heterocycles. The van der Waals surface area contributed by atoms with E-state index in [1.807, 2.05) is 6.07 Å². The smallest absolute Gasteiger partial charge is 0.268 e. The number of nitro benzene ring substituents is 1. The number of imide groups is 1. The molecule has 0 N–H and O–H groups in total. The minimum Gasteiger partial charge on any atom is -0.268 e. The number of carbonyl (C=O) groups excluding carboxylic acids is 2. The highest BCUT2D eigenvalue weighted by Gasteiger charge is 2.34. The van der Waals surface area contributed by atoms with Gasteiger partial charge in [-0.05, 0) is 35.5 Å². The lowest BCUT2D eigenvalue weighted by Gasteiger charge is -2.08. The summed E-state index contributed by atoms with van der Waals surface area (Å²) in [6, 6.07) is 7.53. The van der Waals surface area contributed by atoms with E-state index in [-0.39, 0.29) is 23.6 Å². The van der Waals surface area contributed by atoms with Crippen molar-refractivity contribution < 1.29 is 14.5 Å². The van der Waals surface area contributed by atoms with Crippen LogP contribution in [0, 0.1) is 21.4 Å². The van der Waals surface area contributed by atoms with Gasteiger partial charge in [0.15, 0.2) is 0 Å². The van der Waals surface area contributed by atoms with E-state index < -0.39 is 16.1 Å². The molecule has 1 fully saturated rings. The van der Waals surface area contributed by atoms with Gasteiger partial charge < -0.3 is 0 Å². The maximum Gasteiger partial charge on any atom is 0.293 e. The summed E-state index contributed by atoms with van der Waals surface area (Å²) < 4.78 is 0. The molecule has 0 saturated carbocycles. The van der Waals surface area contributed by atoms with Gasteiger partial charge in [0.05, 0.1) is 22.3 Å². The van der Waals surface area contributed by atoms with Crippen LogP contribution in [0.2, 0.25) is 0 Å². The molecule has 21 heavy (non-hydrogen) atoms. The van der Waals surface area contributed by atoms with E-state index in [9.17, 15) is 19.7 Å². The van der Waals surface area contributed by atoms with E-state index in [4.69, 9.17) is 5.26 Å². The highest BCUT2D eigenvalue weighted by Crippen LogP contribution is 2.32. The van der Waals surface area contributed by atoms with E-state index in [1.165, 1.54) is 30.3 Å². The summed E-state index contributed by atoms with van der Waals surface area (Å²) >= 11 is 0.793. The first-order valence-corrected chi connectivity index (χ1v) is 6.71. The number of benzene rings is 1. The fraction of sp³-hybridized carbons (Fsp3) is 0.154. The average molecular weight is 303 g/mol. The number of nitriles is 1. The number of nitrogens with zero attached hydrogens (tertiary/aromatic N) is 3. The number of non-ortho nitro benzene ring substituents is 1. The Morgan fingerprint density at radius 3 is 2.57 bits per heavy atom. The quantitative estimate of drug-likeness (QED) is 0.481. The van der Waals surface area contributed by atoms with E-state index in [1.54, 1.807) is 0 Å². The van der Waals surface area contributed by atoms with Gasteiger partial charge in [0.1, 0.15) is 0 Å². The van der Waals surface area contributed by atoms with Crippen LogP contribution in [0.4, 0.5) is 10.5 Å². The minimum absolute atomic E-state index is 0.0470. The molecule has 1 saturated heterocycles.